The van der Waals surface area contributed by atoms with Gasteiger partial charge >= 0.3 is 5.34 Å². The third-order valence-corrected chi connectivity index (χ3v) is 0.753. The maximum atomic E-state index is 8.07. The monoisotopic (exact) mass is 200 g/mol. The molecule has 0 heterocycles. The lowest BCUT2D eigenvalue weighted by Crippen LogP contribution is -1.97. The van der Waals surface area contributed by atoms with Crippen LogP contribution in [0.5, 0.6) is 0 Å². The number of hydrogen-bond acceptors (Lipinski definition) is 2. The second kappa shape index (κ2) is 5.71. The molecule has 2 nitrogen and oxygen atoms in total. The summed E-state index contributed by atoms with van der Waals surface area (Å²) in [5, 5.41) is 8.73. The Bertz CT molecular complexity index is 23.5. The van der Waals surface area contributed by atoms with E-state index in [1.165, 1.54) is 0 Å². The minimum Gasteiger partial charge on any atom is -0.426 e. The molecule has 0 fully saturated rings. The van der Waals surface area contributed by atoms with Gasteiger partial charge in [0.2, 0.25) is 0 Å². The van der Waals surface area contributed by atoms with Gasteiger partial charge in [-0.15, -0.1) is 22.4 Å². The average molecular weight is 200 g/mol. The molecule has 0 bridgehead atoms. The zero-order valence-corrected chi connectivity index (χ0v) is 5.51. The molecule has 4 heteroatoms. The standard InChI is InChI=1S/C2H6BIO2/c4-3-6-2-1-5/h3,5H,1-2H2. The number of aliphatic hydroxyl groups excluding tert-OH is 1. The van der Waals surface area contributed by atoms with E-state index in [2.05, 4.69) is 22.4 Å². The van der Waals surface area contributed by atoms with Crippen LogP contribution >= 0.6 is 22.4 Å². The molecule has 1 N–H and O–H groups in total. The van der Waals surface area contributed by atoms with E-state index in [0.717, 1.165) is 0 Å². The highest BCUT2D eigenvalue weighted by Gasteiger charge is 1.78. The van der Waals surface area contributed by atoms with Crippen molar-refractivity contribution in [1.82, 2.24) is 0 Å². The largest absolute Gasteiger partial charge is 0.426 e. The zero-order valence-electron chi connectivity index (χ0n) is 3.35. The van der Waals surface area contributed by atoms with E-state index in [0.29, 0.717) is 11.9 Å². The van der Waals surface area contributed by atoms with Gasteiger partial charge in [0, 0.05) is 0 Å². The van der Waals surface area contributed by atoms with Crippen molar-refractivity contribution in [3.05, 3.63) is 0 Å². The van der Waals surface area contributed by atoms with E-state index >= 15 is 0 Å². The van der Waals surface area contributed by atoms with Gasteiger partial charge in [0.25, 0.3) is 0 Å². The molecule has 0 aromatic carbocycles. The molecule has 36 valence electrons. The average Bonchev–Trinajstić information content (AvgIpc) is 1.61. The summed E-state index contributed by atoms with van der Waals surface area (Å²) in [5.74, 6) is 0. The first-order valence-corrected chi connectivity index (χ1v) is 3.19. The molecule has 0 saturated carbocycles. The van der Waals surface area contributed by atoms with E-state index in [1.807, 2.05) is 0 Å². The summed E-state index contributed by atoms with van der Waals surface area (Å²) in [4.78, 5) is 0. The summed E-state index contributed by atoms with van der Waals surface area (Å²) in [6.45, 7) is 0.589. The summed E-state index contributed by atoms with van der Waals surface area (Å²) in [5.41, 5.74) is 0. The predicted molar refractivity (Wildman–Crippen MR) is 34.2 cm³/mol. The van der Waals surface area contributed by atoms with Crippen LogP contribution in [0.4, 0.5) is 0 Å². The Morgan fingerprint density at radius 2 is 2.50 bits per heavy atom. The maximum Gasteiger partial charge on any atom is 0.346 e. The summed E-state index contributed by atoms with van der Waals surface area (Å²) in [7, 11) is 0. The lowest BCUT2D eigenvalue weighted by molar-refractivity contribution is 0.211. The van der Waals surface area contributed by atoms with E-state index in [4.69, 9.17) is 9.76 Å². The van der Waals surface area contributed by atoms with E-state index < -0.39 is 0 Å². The summed E-state index contributed by atoms with van der Waals surface area (Å²) >= 11 is 2.08. The smallest absolute Gasteiger partial charge is 0.346 e. The van der Waals surface area contributed by atoms with Crippen molar-refractivity contribution >= 4 is 27.7 Å². The summed E-state index contributed by atoms with van der Waals surface area (Å²) in [6, 6.07) is 0. The predicted octanol–water partition coefficient (Wildman–Crippen LogP) is -0.303. The first-order valence-electron chi connectivity index (χ1n) is 1.66. The third-order valence-electron chi connectivity index (χ3n) is 0.313. The highest BCUT2D eigenvalue weighted by Crippen LogP contribution is 1.75. The van der Waals surface area contributed by atoms with Crippen LogP contribution in [0, 0.1) is 0 Å². The van der Waals surface area contributed by atoms with Crippen LogP contribution in [-0.4, -0.2) is 23.7 Å². The van der Waals surface area contributed by atoms with E-state index in [1.54, 1.807) is 0 Å². The highest BCUT2D eigenvalue weighted by atomic mass is 127. The quantitative estimate of drug-likeness (QED) is 0.384. The fourth-order valence-electron chi connectivity index (χ4n) is 0.119. The zero-order chi connectivity index (χ0) is 4.83. The molecule has 0 amide bonds. The third kappa shape index (κ3) is 4.71. The van der Waals surface area contributed by atoms with Gasteiger partial charge in [-0.05, 0) is 0 Å². The van der Waals surface area contributed by atoms with Gasteiger partial charge in [-0.2, -0.15) is 0 Å². The van der Waals surface area contributed by atoms with Crippen LogP contribution in [0.15, 0.2) is 0 Å². The molecular weight excluding hydrogens is 194 g/mol. The van der Waals surface area contributed by atoms with Gasteiger partial charge in [-0.3, -0.25) is 0 Å². The van der Waals surface area contributed by atoms with E-state index in [-0.39, 0.29) is 6.61 Å². The Labute approximate surface area is 51.0 Å². The van der Waals surface area contributed by atoms with Crippen molar-refractivity contribution in [2.45, 2.75) is 0 Å². The lowest BCUT2D eigenvalue weighted by Gasteiger charge is -1.89. The first-order chi connectivity index (χ1) is 2.91. The van der Waals surface area contributed by atoms with Gasteiger partial charge in [-0.1, -0.05) is 0 Å². The summed E-state index contributed by atoms with van der Waals surface area (Å²) in [6.07, 6.45) is 0. The Kier molecular flexibility index (Phi) is 6.40. The van der Waals surface area contributed by atoms with Crippen molar-refractivity contribution in [3.8, 4) is 0 Å². The topological polar surface area (TPSA) is 29.5 Å². The molecule has 0 aliphatic heterocycles. The normalized spacial score (nSPS) is 8.33. The highest BCUT2D eigenvalue weighted by molar-refractivity contribution is 14.1. The van der Waals surface area contributed by atoms with Gasteiger partial charge in [0.05, 0.1) is 13.2 Å². The number of aliphatic hydroxyl groups is 1. The molecule has 0 aromatic heterocycles. The molecule has 0 spiro atoms. The summed E-state index contributed by atoms with van der Waals surface area (Å²) < 4.78 is 4.72. The van der Waals surface area contributed by atoms with Crippen LogP contribution in [0.2, 0.25) is 0 Å². The van der Waals surface area contributed by atoms with Crippen molar-refractivity contribution in [1.29, 1.82) is 0 Å². The molecule has 0 unspecified atom stereocenters. The van der Waals surface area contributed by atoms with Gasteiger partial charge in [0.1, 0.15) is 0 Å². The van der Waals surface area contributed by atoms with Gasteiger partial charge in [0.15, 0.2) is 0 Å². The fourth-order valence-corrected chi connectivity index (χ4v) is 0.431. The molecule has 0 aromatic rings. The Morgan fingerprint density at radius 1 is 1.83 bits per heavy atom. The van der Waals surface area contributed by atoms with Crippen LogP contribution in [0.1, 0.15) is 0 Å². The number of rotatable bonds is 3. The number of hydrogen-bond donors (Lipinski definition) is 1. The molecule has 0 saturated heterocycles. The first kappa shape index (κ1) is 6.71. The number of halogens is 1. The van der Waals surface area contributed by atoms with Gasteiger partial charge < -0.3 is 9.76 Å². The Balaban J connectivity index is 2.34. The molecule has 6 heavy (non-hydrogen) atoms. The van der Waals surface area contributed by atoms with Crippen molar-refractivity contribution < 1.29 is 9.76 Å². The Hall–Kier alpha value is 0.715. The molecule has 0 rings (SSSR count). The molecule has 0 aliphatic carbocycles. The molecular formula is C2H6BIO2. The minimum absolute atomic E-state index is 0.128. The van der Waals surface area contributed by atoms with Crippen molar-refractivity contribution in [2.24, 2.45) is 0 Å². The van der Waals surface area contributed by atoms with Crippen molar-refractivity contribution in [3.63, 3.8) is 0 Å². The van der Waals surface area contributed by atoms with E-state index in [9.17, 15) is 0 Å². The maximum absolute atomic E-state index is 8.07. The van der Waals surface area contributed by atoms with Crippen LogP contribution in [0.3, 0.4) is 0 Å². The SMILES string of the molecule is OCCOBI. The molecule has 0 atom stereocenters. The van der Waals surface area contributed by atoms with Crippen molar-refractivity contribution in [2.75, 3.05) is 13.2 Å². The second-order valence-electron chi connectivity index (χ2n) is 0.741. The fraction of sp³-hybridized carbons (Fsp3) is 1.00. The van der Waals surface area contributed by atoms with Gasteiger partial charge in [-0.25, -0.2) is 0 Å². The van der Waals surface area contributed by atoms with Crippen LogP contribution in [0.25, 0.3) is 0 Å². The Morgan fingerprint density at radius 3 is 2.67 bits per heavy atom. The lowest BCUT2D eigenvalue weighted by atomic mass is 10.6. The minimum atomic E-state index is 0.128. The molecule has 0 aliphatic rings. The van der Waals surface area contributed by atoms with Crippen LogP contribution in [-0.2, 0) is 4.65 Å². The van der Waals surface area contributed by atoms with Crippen LogP contribution < -0.4 is 0 Å². The second-order valence-corrected chi connectivity index (χ2v) is 1.36. The molecule has 0 radical (unpaired) electrons.